The summed E-state index contributed by atoms with van der Waals surface area (Å²) in [6.45, 7) is 2.16. The van der Waals surface area contributed by atoms with Gasteiger partial charge in [0.2, 0.25) is 0 Å². The smallest absolute Gasteiger partial charge is 0.147 e. The maximum absolute atomic E-state index is 6.17. The molecule has 1 aromatic heterocycles. The molecule has 1 spiro atoms. The van der Waals surface area contributed by atoms with E-state index in [1.165, 1.54) is 25.7 Å². The lowest BCUT2D eigenvalue weighted by atomic mass is 9.94. The van der Waals surface area contributed by atoms with Gasteiger partial charge in [-0.25, -0.2) is 4.98 Å². The van der Waals surface area contributed by atoms with Gasteiger partial charge in [0.05, 0.1) is 16.9 Å². The Morgan fingerprint density at radius 2 is 1.94 bits per heavy atom. The lowest BCUT2D eigenvalue weighted by Crippen LogP contribution is -2.35. The molecular weight excluding hydrogens is 222 g/mol. The first-order chi connectivity index (χ1) is 7.69. The molecule has 3 rings (SSSR count). The van der Waals surface area contributed by atoms with Crippen molar-refractivity contribution in [3.63, 3.8) is 0 Å². The molecule has 0 radical (unpaired) electrons. The standard InChI is InChI=1S/C12H16ClN3/c13-10-7-9(14)8-15-11(10)16-5-3-12(1-2-12)4-6-16/h7-8H,1-6,14H2. The molecular formula is C12H16ClN3. The van der Waals surface area contributed by atoms with Crippen LogP contribution in [0.1, 0.15) is 25.7 Å². The lowest BCUT2D eigenvalue weighted by Gasteiger charge is -2.33. The summed E-state index contributed by atoms with van der Waals surface area (Å²) in [7, 11) is 0. The van der Waals surface area contributed by atoms with Crippen LogP contribution in [0.5, 0.6) is 0 Å². The highest BCUT2D eigenvalue weighted by Crippen LogP contribution is 2.54. The molecule has 0 atom stereocenters. The highest BCUT2D eigenvalue weighted by molar-refractivity contribution is 6.33. The average Bonchev–Trinajstić information content (AvgIpc) is 3.00. The lowest BCUT2D eigenvalue weighted by molar-refractivity contribution is 0.383. The summed E-state index contributed by atoms with van der Waals surface area (Å²) < 4.78 is 0. The van der Waals surface area contributed by atoms with Gasteiger partial charge in [0.15, 0.2) is 0 Å². The molecule has 0 amide bonds. The molecule has 2 fully saturated rings. The van der Waals surface area contributed by atoms with Crippen molar-refractivity contribution in [1.29, 1.82) is 0 Å². The summed E-state index contributed by atoms with van der Waals surface area (Å²) in [5.41, 5.74) is 6.97. The maximum Gasteiger partial charge on any atom is 0.147 e. The predicted molar refractivity (Wildman–Crippen MR) is 66.8 cm³/mol. The highest BCUT2D eigenvalue weighted by atomic mass is 35.5. The Morgan fingerprint density at radius 1 is 1.25 bits per heavy atom. The molecule has 0 aromatic carbocycles. The van der Waals surface area contributed by atoms with Crippen molar-refractivity contribution in [3.8, 4) is 0 Å². The zero-order valence-corrected chi connectivity index (χ0v) is 10.0. The van der Waals surface area contributed by atoms with E-state index in [2.05, 4.69) is 9.88 Å². The normalized spacial score (nSPS) is 22.4. The number of piperidine rings is 1. The maximum atomic E-state index is 6.17. The molecule has 1 aromatic rings. The fourth-order valence-electron chi connectivity index (χ4n) is 2.55. The molecule has 86 valence electrons. The third kappa shape index (κ3) is 1.73. The van der Waals surface area contributed by atoms with Crippen molar-refractivity contribution in [2.75, 3.05) is 23.7 Å². The second kappa shape index (κ2) is 3.52. The van der Waals surface area contributed by atoms with E-state index in [4.69, 9.17) is 17.3 Å². The van der Waals surface area contributed by atoms with Crippen LogP contribution in [-0.2, 0) is 0 Å². The third-order valence-electron chi connectivity index (χ3n) is 3.92. The van der Waals surface area contributed by atoms with Crippen molar-refractivity contribution < 1.29 is 0 Å². The fourth-order valence-corrected chi connectivity index (χ4v) is 2.84. The van der Waals surface area contributed by atoms with E-state index in [1.54, 1.807) is 12.3 Å². The van der Waals surface area contributed by atoms with Gasteiger partial charge in [-0.1, -0.05) is 11.6 Å². The Balaban J connectivity index is 1.77. The van der Waals surface area contributed by atoms with Crippen molar-refractivity contribution >= 4 is 23.1 Å². The van der Waals surface area contributed by atoms with Crippen LogP contribution in [0.4, 0.5) is 11.5 Å². The molecule has 2 aliphatic rings. The number of nitrogens with two attached hydrogens (primary N) is 1. The van der Waals surface area contributed by atoms with Crippen LogP contribution in [-0.4, -0.2) is 18.1 Å². The van der Waals surface area contributed by atoms with Crippen LogP contribution in [0.25, 0.3) is 0 Å². The van der Waals surface area contributed by atoms with Gasteiger partial charge in [-0.3, -0.25) is 0 Å². The van der Waals surface area contributed by atoms with Crippen LogP contribution in [0, 0.1) is 5.41 Å². The van der Waals surface area contributed by atoms with Gasteiger partial charge < -0.3 is 10.6 Å². The van der Waals surface area contributed by atoms with Gasteiger partial charge in [0, 0.05) is 13.1 Å². The Labute approximate surface area is 101 Å². The van der Waals surface area contributed by atoms with Crippen LogP contribution < -0.4 is 10.6 Å². The van der Waals surface area contributed by atoms with Crippen LogP contribution in [0.15, 0.2) is 12.3 Å². The summed E-state index contributed by atoms with van der Waals surface area (Å²) in [5, 5.41) is 0.673. The monoisotopic (exact) mass is 237 g/mol. The molecule has 2 heterocycles. The Hall–Kier alpha value is -0.960. The molecule has 1 saturated heterocycles. The fraction of sp³-hybridized carbons (Fsp3) is 0.583. The number of pyridine rings is 1. The number of rotatable bonds is 1. The molecule has 16 heavy (non-hydrogen) atoms. The first-order valence-electron chi connectivity index (χ1n) is 5.85. The summed E-state index contributed by atoms with van der Waals surface area (Å²) in [6, 6.07) is 1.78. The third-order valence-corrected chi connectivity index (χ3v) is 4.20. The van der Waals surface area contributed by atoms with E-state index in [0.717, 1.165) is 18.9 Å². The van der Waals surface area contributed by atoms with E-state index in [-0.39, 0.29) is 0 Å². The number of anilines is 2. The van der Waals surface area contributed by atoms with Gasteiger partial charge in [-0.15, -0.1) is 0 Å². The van der Waals surface area contributed by atoms with Gasteiger partial charge in [-0.05, 0) is 37.2 Å². The predicted octanol–water partition coefficient (Wildman–Crippen LogP) is 2.70. The summed E-state index contributed by atoms with van der Waals surface area (Å²) >= 11 is 6.17. The molecule has 0 bridgehead atoms. The first-order valence-corrected chi connectivity index (χ1v) is 6.22. The number of aromatic nitrogens is 1. The highest BCUT2D eigenvalue weighted by Gasteiger charge is 2.44. The molecule has 2 N–H and O–H groups in total. The van der Waals surface area contributed by atoms with E-state index in [9.17, 15) is 0 Å². The zero-order valence-electron chi connectivity index (χ0n) is 9.25. The van der Waals surface area contributed by atoms with E-state index >= 15 is 0 Å². The topological polar surface area (TPSA) is 42.1 Å². The quantitative estimate of drug-likeness (QED) is 0.817. The molecule has 0 unspecified atom stereocenters. The minimum Gasteiger partial charge on any atom is -0.397 e. The minimum absolute atomic E-state index is 0.629. The van der Waals surface area contributed by atoms with Crippen molar-refractivity contribution in [1.82, 2.24) is 4.98 Å². The Bertz CT molecular complexity index is 405. The molecule has 3 nitrogen and oxygen atoms in total. The van der Waals surface area contributed by atoms with Gasteiger partial charge in [0.25, 0.3) is 0 Å². The van der Waals surface area contributed by atoms with E-state index < -0.39 is 0 Å². The van der Waals surface area contributed by atoms with Crippen molar-refractivity contribution in [2.45, 2.75) is 25.7 Å². The van der Waals surface area contributed by atoms with Gasteiger partial charge in [0.1, 0.15) is 5.82 Å². The Kier molecular flexibility index (Phi) is 2.25. The van der Waals surface area contributed by atoms with Crippen molar-refractivity contribution in [2.24, 2.45) is 5.41 Å². The second-order valence-electron chi connectivity index (χ2n) is 5.06. The van der Waals surface area contributed by atoms with Crippen LogP contribution >= 0.6 is 11.6 Å². The molecule has 1 aliphatic carbocycles. The van der Waals surface area contributed by atoms with E-state index in [0.29, 0.717) is 16.1 Å². The van der Waals surface area contributed by atoms with Crippen molar-refractivity contribution in [3.05, 3.63) is 17.3 Å². The Morgan fingerprint density at radius 3 is 2.50 bits per heavy atom. The van der Waals surface area contributed by atoms with Crippen LogP contribution in [0.3, 0.4) is 0 Å². The number of nitrogens with zero attached hydrogens (tertiary/aromatic N) is 2. The van der Waals surface area contributed by atoms with Gasteiger partial charge >= 0.3 is 0 Å². The SMILES string of the molecule is Nc1cnc(N2CCC3(CC2)CC3)c(Cl)c1. The number of nitrogen functional groups attached to an aromatic ring is 1. The number of halogens is 1. The first kappa shape index (κ1) is 10.2. The second-order valence-corrected chi connectivity index (χ2v) is 5.47. The number of hydrogen-bond donors (Lipinski definition) is 1. The van der Waals surface area contributed by atoms with Crippen LogP contribution in [0.2, 0.25) is 5.02 Å². The molecule has 1 aliphatic heterocycles. The van der Waals surface area contributed by atoms with Gasteiger partial charge in [-0.2, -0.15) is 0 Å². The molecule has 1 saturated carbocycles. The number of hydrogen-bond acceptors (Lipinski definition) is 3. The summed E-state index contributed by atoms with van der Waals surface area (Å²) in [4.78, 5) is 6.62. The summed E-state index contributed by atoms with van der Waals surface area (Å²) in [5.74, 6) is 0.895. The summed E-state index contributed by atoms with van der Waals surface area (Å²) in [6.07, 6.45) is 7.10. The zero-order chi connectivity index (χ0) is 11.2. The minimum atomic E-state index is 0.629. The average molecular weight is 238 g/mol. The largest absolute Gasteiger partial charge is 0.397 e. The molecule has 4 heteroatoms. The van der Waals surface area contributed by atoms with E-state index in [1.807, 2.05) is 0 Å².